The van der Waals surface area contributed by atoms with Gasteiger partial charge in [-0.3, -0.25) is 0 Å². The minimum absolute atomic E-state index is 0. The molecule has 26 heavy (non-hydrogen) atoms. The van der Waals surface area contributed by atoms with Gasteiger partial charge in [0, 0.05) is 0 Å². The first-order valence-corrected chi connectivity index (χ1v) is 14.0. The fourth-order valence-electron chi connectivity index (χ4n) is 3.68. The Bertz CT molecular complexity index is 194. The Balaban J connectivity index is 0. The average Bonchev–Trinajstić information content (AvgIpc) is 2.63. The van der Waals surface area contributed by atoms with Crippen LogP contribution in [0.25, 0.3) is 0 Å². The molecule has 0 aromatic rings. The van der Waals surface area contributed by atoms with Gasteiger partial charge in [0.25, 0.3) is 0 Å². The predicted octanol–water partition coefficient (Wildman–Crippen LogP) is 8.63. The molecule has 0 bridgehead atoms. The summed E-state index contributed by atoms with van der Waals surface area (Å²) < 4.78 is 0. The van der Waals surface area contributed by atoms with Gasteiger partial charge in [0.1, 0.15) is 0 Å². The van der Waals surface area contributed by atoms with E-state index in [1.807, 2.05) is 0 Å². The standard InChI is InChI=1S/C24H51P.Pb.2H/c1-4-7-10-13-16-19-22-25(23-20-17-14-11-8-5-2)24-21-18-15-12-9-6-3;;;/h4-24H2,1-3H3;;;. The zero-order valence-corrected chi connectivity index (χ0v) is 25.4. The van der Waals surface area contributed by atoms with Gasteiger partial charge in [0.05, 0.1) is 0 Å². The normalized spacial score (nSPS) is 11.1. The number of rotatable bonds is 21. The molecule has 0 fully saturated rings. The predicted molar refractivity (Wildman–Crippen MR) is 130 cm³/mol. The summed E-state index contributed by atoms with van der Waals surface area (Å²) in [6.45, 7) is 6.96. The summed E-state index contributed by atoms with van der Waals surface area (Å²) in [5.41, 5.74) is 0. The van der Waals surface area contributed by atoms with Gasteiger partial charge in [-0.2, -0.15) is 0 Å². The van der Waals surface area contributed by atoms with Crippen molar-refractivity contribution >= 4 is 35.2 Å². The second-order valence-corrected chi connectivity index (χ2v) is 10.8. The van der Waals surface area contributed by atoms with E-state index in [0.29, 0.717) is 7.92 Å². The molecule has 0 unspecified atom stereocenters. The fraction of sp³-hybridized carbons (Fsp3) is 1.00. The van der Waals surface area contributed by atoms with Crippen molar-refractivity contribution in [3.05, 3.63) is 0 Å². The molecule has 0 heterocycles. The fourth-order valence-corrected chi connectivity index (χ4v) is 6.37. The topological polar surface area (TPSA) is 0 Å². The van der Waals surface area contributed by atoms with Crippen LogP contribution >= 0.6 is 7.92 Å². The molecule has 0 saturated carbocycles. The Morgan fingerprint density at radius 1 is 0.346 bits per heavy atom. The summed E-state index contributed by atoms with van der Waals surface area (Å²) in [6, 6.07) is 0. The maximum absolute atomic E-state index is 2.32. The summed E-state index contributed by atoms with van der Waals surface area (Å²) >= 11 is 0. The Morgan fingerprint density at radius 3 is 0.846 bits per heavy atom. The van der Waals surface area contributed by atoms with Crippen LogP contribution in [0.15, 0.2) is 0 Å². The van der Waals surface area contributed by atoms with Crippen molar-refractivity contribution in [2.75, 3.05) is 18.5 Å². The molecule has 0 N–H and O–H groups in total. The van der Waals surface area contributed by atoms with Crippen LogP contribution in [0.3, 0.4) is 0 Å². The molecule has 0 aromatic heterocycles. The van der Waals surface area contributed by atoms with Crippen LogP contribution in [0.5, 0.6) is 0 Å². The van der Waals surface area contributed by atoms with Crippen molar-refractivity contribution in [1.82, 2.24) is 0 Å². The first-order valence-electron chi connectivity index (χ1n) is 12.1. The second-order valence-electron chi connectivity index (χ2n) is 8.14. The molecular weight excluding hydrogens is 526 g/mol. The van der Waals surface area contributed by atoms with Crippen molar-refractivity contribution in [2.24, 2.45) is 0 Å². The van der Waals surface area contributed by atoms with Gasteiger partial charge >= 0.3 is 27.3 Å². The molecule has 0 atom stereocenters. The summed E-state index contributed by atoms with van der Waals surface area (Å²) in [4.78, 5) is 0. The molecule has 0 spiro atoms. The van der Waals surface area contributed by atoms with E-state index in [2.05, 4.69) is 20.8 Å². The van der Waals surface area contributed by atoms with E-state index in [9.17, 15) is 0 Å². The Hall–Kier alpha value is 1.35. The van der Waals surface area contributed by atoms with Gasteiger partial charge in [0.2, 0.25) is 0 Å². The molecule has 2 radical (unpaired) electrons. The number of hydrogen-bond acceptors (Lipinski definition) is 0. The van der Waals surface area contributed by atoms with Crippen molar-refractivity contribution < 1.29 is 0 Å². The first kappa shape index (κ1) is 29.6. The summed E-state index contributed by atoms with van der Waals surface area (Å²) in [6.07, 6.45) is 31.2. The van der Waals surface area contributed by atoms with Gasteiger partial charge in [-0.25, -0.2) is 0 Å². The molecular formula is C24H53PPb. The van der Waals surface area contributed by atoms with Crippen LogP contribution in [0, 0.1) is 0 Å². The van der Waals surface area contributed by atoms with Crippen molar-refractivity contribution in [3.63, 3.8) is 0 Å². The third-order valence-electron chi connectivity index (χ3n) is 5.48. The van der Waals surface area contributed by atoms with Crippen LogP contribution in [0.1, 0.15) is 136 Å². The third-order valence-corrected chi connectivity index (χ3v) is 8.33. The summed E-state index contributed by atoms with van der Waals surface area (Å²) in [5.74, 6) is 0. The van der Waals surface area contributed by atoms with E-state index in [0.717, 1.165) is 0 Å². The average molecular weight is 580 g/mol. The Morgan fingerprint density at radius 2 is 0.577 bits per heavy atom. The molecule has 0 aromatic carbocycles. The molecule has 2 heteroatoms. The van der Waals surface area contributed by atoms with Gasteiger partial charge in [-0.15, -0.1) is 7.92 Å². The van der Waals surface area contributed by atoms with Crippen LogP contribution in [-0.4, -0.2) is 45.8 Å². The molecule has 0 aliphatic heterocycles. The van der Waals surface area contributed by atoms with E-state index in [4.69, 9.17) is 0 Å². The van der Waals surface area contributed by atoms with Crippen LogP contribution < -0.4 is 0 Å². The molecule has 0 saturated heterocycles. The molecule has 158 valence electrons. The van der Waals surface area contributed by atoms with E-state index in [-0.39, 0.29) is 27.3 Å². The molecule has 0 aliphatic carbocycles. The van der Waals surface area contributed by atoms with Crippen molar-refractivity contribution in [1.29, 1.82) is 0 Å². The van der Waals surface area contributed by atoms with Gasteiger partial charge in [-0.05, 0) is 37.7 Å². The van der Waals surface area contributed by atoms with E-state index < -0.39 is 0 Å². The zero-order valence-electron chi connectivity index (χ0n) is 19.0. The number of unbranched alkanes of at least 4 members (excludes halogenated alkanes) is 15. The Kier molecular flexibility index (Phi) is 30.0. The maximum atomic E-state index is 2.32. The summed E-state index contributed by atoms with van der Waals surface area (Å²) in [5, 5.41) is 0. The minimum atomic E-state index is 0. The van der Waals surface area contributed by atoms with Crippen LogP contribution in [0.4, 0.5) is 0 Å². The second kappa shape index (κ2) is 26.4. The van der Waals surface area contributed by atoms with Crippen LogP contribution in [0.2, 0.25) is 0 Å². The summed E-state index contributed by atoms with van der Waals surface area (Å²) in [7, 11) is 0.366. The molecule has 0 nitrogen and oxygen atoms in total. The van der Waals surface area contributed by atoms with Crippen molar-refractivity contribution in [3.8, 4) is 0 Å². The first-order chi connectivity index (χ1) is 12.3. The van der Waals surface area contributed by atoms with E-state index in [1.165, 1.54) is 116 Å². The monoisotopic (exact) mass is 580 g/mol. The quantitative estimate of drug-likeness (QED) is 0.0725. The Labute approximate surface area is 189 Å². The molecule has 0 amide bonds. The van der Waals surface area contributed by atoms with Crippen molar-refractivity contribution in [2.45, 2.75) is 136 Å². The van der Waals surface area contributed by atoms with Gasteiger partial charge < -0.3 is 0 Å². The zero-order chi connectivity index (χ0) is 18.4. The molecule has 0 rings (SSSR count). The van der Waals surface area contributed by atoms with Crippen LogP contribution in [-0.2, 0) is 0 Å². The molecule has 0 aliphatic rings. The van der Waals surface area contributed by atoms with E-state index in [1.54, 1.807) is 18.5 Å². The van der Waals surface area contributed by atoms with E-state index >= 15 is 0 Å². The van der Waals surface area contributed by atoms with Gasteiger partial charge in [0.15, 0.2) is 0 Å². The third kappa shape index (κ3) is 23.4. The van der Waals surface area contributed by atoms with Gasteiger partial charge in [-0.1, -0.05) is 117 Å². The number of hydrogen-bond donors (Lipinski definition) is 0. The SMILES string of the molecule is CCCCCCCCP(CCCCCCCC)CCCCCCCC.[PbH2].